The van der Waals surface area contributed by atoms with Crippen molar-refractivity contribution in [1.29, 1.82) is 0 Å². The smallest absolute Gasteiger partial charge is 0.138 e. The van der Waals surface area contributed by atoms with E-state index in [1.165, 1.54) is 6.07 Å². The lowest BCUT2D eigenvalue weighted by molar-refractivity contribution is 0.468. The van der Waals surface area contributed by atoms with Crippen molar-refractivity contribution in [3.8, 4) is 11.5 Å². The van der Waals surface area contributed by atoms with E-state index < -0.39 is 0 Å². The number of hydrogen-bond acceptors (Lipinski definition) is 4. The molecule has 0 spiro atoms. The number of aromatic hydroxyl groups is 2. The molecule has 0 aromatic heterocycles. The molecule has 4 nitrogen and oxygen atoms in total. The van der Waals surface area contributed by atoms with E-state index in [0.717, 1.165) is 0 Å². The number of halogens is 1. The second-order valence-corrected chi connectivity index (χ2v) is 4.30. The van der Waals surface area contributed by atoms with E-state index >= 15 is 0 Å². The van der Waals surface area contributed by atoms with Gasteiger partial charge in [-0.05, 0) is 30.3 Å². The number of phenolic OH excluding ortho intramolecular Hbond substituents is 2. The molecule has 94 valence electrons. The fraction of sp³-hybridized carbons (Fsp3) is 0.0769. The molecule has 0 fully saturated rings. The molecule has 0 unspecified atom stereocenters. The van der Waals surface area contributed by atoms with Gasteiger partial charge in [-0.15, -0.1) is 0 Å². The summed E-state index contributed by atoms with van der Waals surface area (Å²) in [6.45, 7) is 0.298. The van der Waals surface area contributed by atoms with Crippen molar-refractivity contribution in [1.82, 2.24) is 0 Å². The van der Waals surface area contributed by atoms with Crippen LogP contribution >= 0.6 is 11.6 Å². The summed E-state index contributed by atoms with van der Waals surface area (Å²) in [6, 6.07) is 9.63. The number of nitrogen functional groups attached to an aromatic ring is 1. The topological polar surface area (TPSA) is 78.5 Å². The monoisotopic (exact) mass is 264 g/mol. The quantitative estimate of drug-likeness (QED) is 0.508. The Morgan fingerprint density at radius 1 is 1.11 bits per heavy atom. The number of benzene rings is 2. The molecule has 0 bridgehead atoms. The lowest BCUT2D eigenvalue weighted by Crippen LogP contribution is -2.03. The van der Waals surface area contributed by atoms with Crippen LogP contribution in [0, 0.1) is 0 Å². The molecule has 0 atom stereocenters. The van der Waals surface area contributed by atoms with Gasteiger partial charge >= 0.3 is 0 Å². The predicted molar refractivity (Wildman–Crippen MR) is 73.0 cm³/mol. The molecule has 0 heterocycles. The average molecular weight is 265 g/mol. The van der Waals surface area contributed by atoms with E-state index in [2.05, 4.69) is 5.32 Å². The molecule has 0 amide bonds. The summed E-state index contributed by atoms with van der Waals surface area (Å²) in [6.07, 6.45) is 0. The van der Waals surface area contributed by atoms with Crippen LogP contribution in [0.1, 0.15) is 5.56 Å². The summed E-state index contributed by atoms with van der Waals surface area (Å²) in [5.41, 5.74) is 7.33. The molecule has 0 aliphatic carbocycles. The fourth-order valence-electron chi connectivity index (χ4n) is 1.62. The van der Waals surface area contributed by atoms with Gasteiger partial charge in [0.15, 0.2) is 0 Å². The molecule has 2 aromatic carbocycles. The Morgan fingerprint density at radius 2 is 1.89 bits per heavy atom. The largest absolute Gasteiger partial charge is 0.508 e. The van der Waals surface area contributed by atoms with Gasteiger partial charge in [0.2, 0.25) is 0 Å². The first-order chi connectivity index (χ1) is 8.58. The van der Waals surface area contributed by atoms with Crippen LogP contribution in [0.25, 0.3) is 0 Å². The van der Waals surface area contributed by atoms with Gasteiger partial charge in [0, 0.05) is 22.8 Å². The van der Waals surface area contributed by atoms with E-state index in [0.29, 0.717) is 28.5 Å². The third-order valence-corrected chi connectivity index (χ3v) is 2.84. The Hall–Kier alpha value is -2.07. The molecule has 0 saturated heterocycles. The van der Waals surface area contributed by atoms with Crippen LogP contribution in [0.2, 0.25) is 5.02 Å². The zero-order valence-corrected chi connectivity index (χ0v) is 10.3. The van der Waals surface area contributed by atoms with Crippen LogP contribution in [-0.2, 0) is 6.54 Å². The van der Waals surface area contributed by atoms with Crippen molar-refractivity contribution in [2.24, 2.45) is 0 Å². The lowest BCUT2D eigenvalue weighted by Gasteiger charge is -2.11. The van der Waals surface area contributed by atoms with Crippen molar-refractivity contribution in [3.63, 3.8) is 0 Å². The Kier molecular flexibility index (Phi) is 3.48. The van der Waals surface area contributed by atoms with Crippen LogP contribution in [0.4, 0.5) is 11.4 Å². The summed E-state index contributed by atoms with van der Waals surface area (Å²) < 4.78 is 0. The lowest BCUT2D eigenvalue weighted by atomic mass is 10.1. The number of nitrogens with one attached hydrogen (secondary N) is 1. The minimum atomic E-state index is 0.0911. The van der Waals surface area contributed by atoms with E-state index in [-0.39, 0.29) is 11.5 Å². The highest BCUT2D eigenvalue weighted by atomic mass is 35.5. The Morgan fingerprint density at radius 3 is 2.61 bits per heavy atom. The first-order valence-corrected chi connectivity index (χ1v) is 5.74. The van der Waals surface area contributed by atoms with E-state index in [1.807, 2.05) is 0 Å². The number of anilines is 2. The highest BCUT2D eigenvalue weighted by molar-refractivity contribution is 6.30. The van der Waals surface area contributed by atoms with Gasteiger partial charge in [-0.1, -0.05) is 17.7 Å². The molecule has 0 aliphatic rings. The van der Waals surface area contributed by atoms with E-state index in [4.69, 9.17) is 17.3 Å². The third kappa shape index (κ3) is 2.60. The first kappa shape index (κ1) is 12.4. The Bertz CT molecular complexity index is 553. The highest BCUT2D eigenvalue weighted by Crippen LogP contribution is 2.29. The van der Waals surface area contributed by atoms with Crippen LogP contribution in [0.15, 0.2) is 36.4 Å². The number of nitrogens with two attached hydrogens (primary N) is 1. The highest BCUT2D eigenvalue weighted by Gasteiger charge is 2.07. The third-order valence-electron chi connectivity index (χ3n) is 2.60. The van der Waals surface area contributed by atoms with Crippen LogP contribution in [0.3, 0.4) is 0 Å². The predicted octanol–water partition coefficient (Wildman–Crippen LogP) is 2.95. The van der Waals surface area contributed by atoms with Crippen molar-refractivity contribution in [2.75, 3.05) is 11.1 Å². The second kappa shape index (κ2) is 5.06. The van der Waals surface area contributed by atoms with Crippen LogP contribution in [-0.4, -0.2) is 10.2 Å². The van der Waals surface area contributed by atoms with Gasteiger partial charge in [-0.3, -0.25) is 0 Å². The summed E-state index contributed by atoms with van der Waals surface area (Å²) in [4.78, 5) is 0. The zero-order chi connectivity index (χ0) is 13.1. The van der Waals surface area contributed by atoms with Gasteiger partial charge in [0.05, 0.1) is 5.69 Å². The molecule has 0 saturated carbocycles. The van der Waals surface area contributed by atoms with E-state index in [1.54, 1.807) is 30.3 Å². The van der Waals surface area contributed by atoms with Gasteiger partial charge in [0.1, 0.15) is 11.5 Å². The molecule has 5 heteroatoms. The fourth-order valence-corrected chi connectivity index (χ4v) is 1.79. The summed E-state index contributed by atoms with van der Waals surface area (Å²) in [7, 11) is 0. The number of rotatable bonds is 3. The minimum absolute atomic E-state index is 0.0911. The Labute approximate surface area is 110 Å². The molecule has 5 N–H and O–H groups in total. The molecular formula is C13H13ClN2O2. The standard InChI is InChI=1S/C13H13ClN2O2/c14-8-4-5-13(18)11(6-8)16-7-9-10(15)2-1-3-12(9)17/h1-6,16-18H,7,15H2. The summed E-state index contributed by atoms with van der Waals surface area (Å²) in [5, 5.41) is 22.8. The number of phenols is 2. The minimum Gasteiger partial charge on any atom is -0.508 e. The van der Waals surface area contributed by atoms with Gasteiger partial charge < -0.3 is 21.3 Å². The number of hydrogen-bond donors (Lipinski definition) is 4. The molecule has 2 rings (SSSR count). The SMILES string of the molecule is Nc1cccc(O)c1CNc1cc(Cl)ccc1O. The molecule has 0 aliphatic heterocycles. The second-order valence-electron chi connectivity index (χ2n) is 3.86. The maximum absolute atomic E-state index is 9.68. The van der Waals surface area contributed by atoms with Crippen LogP contribution in [0.5, 0.6) is 11.5 Å². The van der Waals surface area contributed by atoms with Crippen molar-refractivity contribution in [2.45, 2.75) is 6.54 Å². The molecule has 18 heavy (non-hydrogen) atoms. The van der Waals surface area contributed by atoms with Gasteiger partial charge in [-0.25, -0.2) is 0 Å². The molecule has 2 aromatic rings. The zero-order valence-electron chi connectivity index (χ0n) is 9.52. The molecular weight excluding hydrogens is 252 g/mol. The average Bonchev–Trinajstić information content (AvgIpc) is 2.33. The van der Waals surface area contributed by atoms with Crippen molar-refractivity contribution < 1.29 is 10.2 Å². The van der Waals surface area contributed by atoms with E-state index in [9.17, 15) is 10.2 Å². The van der Waals surface area contributed by atoms with Crippen molar-refractivity contribution in [3.05, 3.63) is 47.0 Å². The van der Waals surface area contributed by atoms with Gasteiger partial charge in [0.25, 0.3) is 0 Å². The summed E-state index contributed by atoms with van der Waals surface area (Å²) >= 11 is 5.84. The Balaban J connectivity index is 2.19. The maximum atomic E-state index is 9.68. The first-order valence-electron chi connectivity index (χ1n) is 5.36. The van der Waals surface area contributed by atoms with Crippen LogP contribution < -0.4 is 11.1 Å². The maximum Gasteiger partial charge on any atom is 0.138 e. The molecule has 0 radical (unpaired) electrons. The van der Waals surface area contributed by atoms with Gasteiger partial charge in [-0.2, -0.15) is 0 Å². The normalized spacial score (nSPS) is 10.3. The summed E-state index contributed by atoms with van der Waals surface area (Å²) in [5.74, 6) is 0.206. The van der Waals surface area contributed by atoms with Crippen molar-refractivity contribution >= 4 is 23.0 Å².